The summed E-state index contributed by atoms with van der Waals surface area (Å²) in [6.45, 7) is 8.05. The van der Waals surface area contributed by atoms with Crippen molar-refractivity contribution in [3.63, 3.8) is 0 Å². The average Bonchev–Trinajstić information content (AvgIpc) is 3.20. The molecule has 11 heteroatoms. The number of nitrogens with zero attached hydrogens (tertiary/aromatic N) is 1. The zero-order valence-electron chi connectivity index (χ0n) is 18.6. The summed E-state index contributed by atoms with van der Waals surface area (Å²) in [4.78, 5) is 36.3. The number of amides is 1. The molecule has 2 rings (SSSR count). The summed E-state index contributed by atoms with van der Waals surface area (Å²) in [6.07, 6.45) is 7.58. The molecule has 178 valence electrons. The number of carbonyl (C=O) groups excluding carboxylic acids is 2. The molecule has 1 heterocycles. The predicted octanol–water partition coefficient (Wildman–Crippen LogP) is 2.44. The summed E-state index contributed by atoms with van der Waals surface area (Å²) < 4.78 is 16.7. The minimum absolute atomic E-state index is 0.101. The maximum atomic E-state index is 11.9. The number of nitrogens with one attached hydrogen (secondary N) is 2. The Hall–Kier alpha value is -1.16. The van der Waals surface area contributed by atoms with E-state index in [1.807, 2.05) is 4.90 Å². The molecule has 0 aromatic heterocycles. The van der Waals surface area contributed by atoms with Gasteiger partial charge in [-0.3, -0.25) is 0 Å². The number of methoxy groups -OCH3 is 1. The van der Waals surface area contributed by atoms with Crippen LogP contribution in [0.4, 0.5) is 0 Å². The first-order valence-corrected chi connectivity index (χ1v) is 14.1. The molecule has 1 unspecified atom stereocenters. The van der Waals surface area contributed by atoms with Gasteiger partial charge in [-0.05, 0) is 0 Å². The van der Waals surface area contributed by atoms with Crippen LogP contribution in [0.25, 0.3) is 0 Å². The van der Waals surface area contributed by atoms with Gasteiger partial charge in [0.1, 0.15) is 0 Å². The van der Waals surface area contributed by atoms with Crippen LogP contribution in [0.5, 0.6) is 0 Å². The molecule has 31 heavy (non-hydrogen) atoms. The third-order valence-electron chi connectivity index (χ3n) is 4.96. The molecule has 2 aliphatic rings. The van der Waals surface area contributed by atoms with Gasteiger partial charge in [0.15, 0.2) is 0 Å². The van der Waals surface area contributed by atoms with Crippen LogP contribution in [-0.2, 0) is 23.6 Å². The van der Waals surface area contributed by atoms with Crippen molar-refractivity contribution in [2.75, 3.05) is 26.8 Å². The molecule has 1 aliphatic carbocycles. The second-order valence-electron chi connectivity index (χ2n) is 7.90. The van der Waals surface area contributed by atoms with E-state index < -0.39 is 13.0 Å². The first-order chi connectivity index (χ1) is 14.7. The van der Waals surface area contributed by atoms with Gasteiger partial charge in [0.2, 0.25) is 0 Å². The van der Waals surface area contributed by atoms with E-state index in [0.717, 1.165) is 25.7 Å². The van der Waals surface area contributed by atoms with Gasteiger partial charge >= 0.3 is 189 Å². The Kier molecular flexibility index (Phi) is 10.7. The van der Waals surface area contributed by atoms with E-state index in [9.17, 15) is 14.5 Å². The van der Waals surface area contributed by atoms with E-state index in [1.54, 1.807) is 27.2 Å². The molecule has 3 N–H and O–H groups in total. The summed E-state index contributed by atoms with van der Waals surface area (Å²) >= 11 is 1.43. The van der Waals surface area contributed by atoms with E-state index >= 15 is 0 Å². The summed E-state index contributed by atoms with van der Waals surface area (Å²) in [5.74, 6) is -0.108. The normalized spacial score (nSPS) is 19.1. The van der Waals surface area contributed by atoms with Crippen LogP contribution in [0.1, 0.15) is 46.0 Å². The fourth-order valence-electron chi connectivity index (χ4n) is 3.32. The van der Waals surface area contributed by atoms with Gasteiger partial charge in [0.25, 0.3) is 0 Å². The first-order valence-electron chi connectivity index (χ1n) is 10.7. The Labute approximate surface area is 189 Å². The maximum absolute atomic E-state index is 11.9. The summed E-state index contributed by atoms with van der Waals surface area (Å²) in [5.41, 5.74) is 0. The average molecular weight is 478 g/mol. The van der Waals surface area contributed by atoms with Crippen LogP contribution in [-0.4, -0.2) is 65.9 Å². The predicted molar refractivity (Wildman–Crippen MR) is 124 cm³/mol. The van der Waals surface area contributed by atoms with Crippen molar-refractivity contribution in [3.05, 3.63) is 24.7 Å². The second kappa shape index (κ2) is 12.8. The SMILES string of the molecule is C=C1NC(=O)C=CN1CCC(CO[PH](O)(NCC(=O)OC(C)C)SC1CCCC1)OC. The molecular weight excluding hydrogens is 441 g/mol. The van der Waals surface area contributed by atoms with Gasteiger partial charge < -0.3 is 0 Å². The van der Waals surface area contributed by atoms with E-state index in [2.05, 4.69) is 17.0 Å². The molecule has 9 nitrogen and oxygen atoms in total. The molecule has 1 amide bonds. The standard InChI is InChI=1S/C20H36N3O6PS/c1-15(2)29-20(25)13-21-30(26,31-18-7-5-6-8-18)28-14-17(27-4)9-11-23-12-10-19(24)22-16(23)3/h10,12,15,17-18,21,26,30H,3,5-9,11,13-14H2,1-2,4H3,(H,22,24). The van der Waals surface area contributed by atoms with E-state index in [0.29, 0.717) is 24.0 Å². The van der Waals surface area contributed by atoms with Crippen LogP contribution >= 0.6 is 18.5 Å². The van der Waals surface area contributed by atoms with E-state index in [1.165, 1.54) is 17.5 Å². The number of esters is 1. The number of hydrogen-bond donors (Lipinski definition) is 3. The molecule has 1 fully saturated rings. The van der Waals surface area contributed by atoms with E-state index in [4.69, 9.17) is 14.0 Å². The topological polar surface area (TPSA) is 109 Å². The van der Waals surface area contributed by atoms with Gasteiger partial charge in [0.05, 0.1) is 0 Å². The van der Waals surface area contributed by atoms with Crippen molar-refractivity contribution >= 4 is 30.3 Å². The summed E-state index contributed by atoms with van der Waals surface area (Å²) in [6, 6.07) is 0. The van der Waals surface area contributed by atoms with Gasteiger partial charge in [0, 0.05) is 0 Å². The monoisotopic (exact) mass is 477 g/mol. The van der Waals surface area contributed by atoms with Crippen molar-refractivity contribution in [3.8, 4) is 0 Å². The molecule has 0 aromatic rings. The fraction of sp³-hybridized carbons (Fsp3) is 0.700. The third kappa shape index (κ3) is 9.47. The molecular formula is C20H36N3O6PS. The van der Waals surface area contributed by atoms with Crippen molar-refractivity contribution in [2.45, 2.75) is 63.4 Å². The van der Waals surface area contributed by atoms with Crippen molar-refractivity contribution in [1.29, 1.82) is 0 Å². The number of hydrogen-bond acceptors (Lipinski definition) is 9. The van der Waals surface area contributed by atoms with E-state index in [-0.39, 0.29) is 31.3 Å². The zero-order valence-corrected chi connectivity index (χ0v) is 20.4. The van der Waals surface area contributed by atoms with Crippen molar-refractivity contribution in [1.82, 2.24) is 15.3 Å². The zero-order chi connectivity index (χ0) is 22.9. The first kappa shape index (κ1) is 26.1. The molecule has 1 saturated carbocycles. The Morgan fingerprint density at radius 3 is 2.77 bits per heavy atom. The molecule has 0 saturated heterocycles. The quantitative estimate of drug-likeness (QED) is 0.272. The van der Waals surface area contributed by atoms with Gasteiger partial charge in [-0.15, -0.1) is 0 Å². The van der Waals surface area contributed by atoms with Crippen molar-refractivity contribution in [2.24, 2.45) is 0 Å². The fourth-order valence-corrected chi connectivity index (χ4v) is 8.31. The molecule has 0 spiro atoms. The Morgan fingerprint density at radius 1 is 1.45 bits per heavy atom. The number of carbonyl (C=O) groups is 2. The van der Waals surface area contributed by atoms with Crippen LogP contribution in [0.2, 0.25) is 0 Å². The molecule has 0 bridgehead atoms. The number of rotatable bonds is 13. The summed E-state index contributed by atoms with van der Waals surface area (Å²) in [5, 5.41) is 5.92. The molecule has 0 radical (unpaired) electrons. The van der Waals surface area contributed by atoms with Crippen LogP contribution in [0.15, 0.2) is 24.7 Å². The van der Waals surface area contributed by atoms with Gasteiger partial charge in [-0.2, -0.15) is 0 Å². The minimum atomic E-state index is -3.41. The molecule has 1 atom stereocenters. The Morgan fingerprint density at radius 2 is 2.16 bits per heavy atom. The second-order valence-corrected chi connectivity index (χ2v) is 13.0. The van der Waals surface area contributed by atoms with Crippen molar-refractivity contribution < 1.29 is 28.5 Å². The Bertz CT molecular complexity index is 659. The molecule has 0 aromatic carbocycles. The van der Waals surface area contributed by atoms with Gasteiger partial charge in [-0.1, -0.05) is 0 Å². The van der Waals surface area contributed by atoms with Crippen LogP contribution < -0.4 is 10.4 Å². The molecule has 1 aliphatic heterocycles. The van der Waals surface area contributed by atoms with Crippen LogP contribution in [0, 0.1) is 0 Å². The van der Waals surface area contributed by atoms with Crippen LogP contribution in [0.3, 0.4) is 0 Å². The Balaban J connectivity index is 1.89. The van der Waals surface area contributed by atoms with Gasteiger partial charge in [-0.25, -0.2) is 0 Å². The third-order valence-corrected chi connectivity index (χ3v) is 10.0. The summed E-state index contributed by atoms with van der Waals surface area (Å²) in [7, 11) is -1.82. The number of ether oxygens (including phenoxy) is 2.